The maximum Gasteiger partial charge on any atom is 0.312 e. The summed E-state index contributed by atoms with van der Waals surface area (Å²) in [5, 5.41) is 2.60. The third-order valence-corrected chi connectivity index (χ3v) is 5.00. The highest BCUT2D eigenvalue weighted by Crippen LogP contribution is 2.26. The second-order valence-electron chi connectivity index (χ2n) is 6.77. The monoisotopic (exact) mass is 439 g/mol. The van der Waals surface area contributed by atoms with Crippen LogP contribution in [0.2, 0.25) is 0 Å². The van der Waals surface area contributed by atoms with Gasteiger partial charge in [0.25, 0.3) is 0 Å². The van der Waals surface area contributed by atoms with E-state index in [1.165, 1.54) is 4.90 Å². The van der Waals surface area contributed by atoms with Crippen LogP contribution in [0.1, 0.15) is 25.8 Å². The zero-order chi connectivity index (χ0) is 20.0. The van der Waals surface area contributed by atoms with Gasteiger partial charge in [0, 0.05) is 38.6 Å². The Morgan fingerprint density at radius 3 is 2.33 bits per heavy atom. The maximum atomic E-state index is 12.4. The zero-order valence-electron chi connectivity index (χ0n) is 16.0. The van der Waals surface area contributed by atoms with Crippen molar-refractivity contribution in [1.29, 1.82) is 0 Å². The molecule has 1 aromatic rings. The highest BCUT2D eigenvalue weighted by molar-refractivity contribution is 9.10. The van der Waals surface area contributed by atoms with Crippen LogP contribution in [-0.4, -0.2) is 66.9 Å². The lowest BCUT2D eigenvalue weighted by Crippen LogP contribution is -2.54. The second kappa shape index (κ2) is 9.73. The molecule has 0 saturated carbocycles. The first-order valence-electron chi connectivity index (χ1n) is 9.01. The number of halogens is 1. The molecule has 7 nitrogen and oxygen atoms in total. The number of methoxy groups -OCH3 is 1. The van der Waals surface area contributed by atoms with E-state index in [0.717, 1.165) is 15.8 Å². The lowest BCUT2D eigenvalue weighted by Gasteiger charge is -2.34. The van der Waals surface area contributed by atoms with E-state index in [0.29, 0.717) is 39.0 Å². The topological polar surface area (TPSA) is 79.0 Å². The van der Waals surface area contributed by atoms with E-state index in [1.807, 2.05) is 32.0 Å². The Kier molecular flexibility index (Phi) is 7.65. The van der Waals surface area contributed by atoms with Crippen molar-refractivity contribution in [2.24, 2.45) is 0 Å². The van der Waals surface area contributed by atoms with Crippen molar-refractivity contribution in [2.45, 2.75) is 32.7 Å². The predicted molar refractivity (Wildman–Crippen MR) is 105 cm³/mol. The van der Waals surface area contributed by atoms with E-state index in [-0.39, 0.29) is 11.9 Å². The van der Waals surface area contributed by atoms with Gasteiger partial charge >= 0.3 is 11.8 Å². The first kappa shape index (κ1) is 21.2. The van der Waals surface area contributed by atoms with Crippen molar-refractivity contribution < 1.29 is 19.1 Å². The number of aryl methyl sites for hydroxylation is 1. The minimum Gasteiger partial charge on any atom is -0.496 e. The van der Waals surface area contributed by atoms with Gasteiger partial charge in [-0.1, -0.05) is 6.07 Å². The molecule has 1 heterocycles. The average Bonchev–Trinajstić information content (AvgIpc) is 2.65. The lowest BCUT2D eigenvalue weighted by atomic mass is 10.1. The molecule has 1 fully saturated rings. The maximum absolute atomic E-state index is 12.4. The van der Waals surface area contributed by atoms with Crippen LogP contribution in [0, 0.1) is 0 Å². The summed E-state index contributed by atoms with van der Waals surface area (Å²) in [5.74, 6) is -0.304. The van der Waals surface area contributed by atoms with Crippen molar-refractivity contribution in [3.63, 3.8) is 0 Å². The number of hydrogen-bond acceptors (Lipinski definition) is 4. The van der Waals surface area contributed by atoms with E-state index in [1.54, 1.807) is 12.0 Å². The number of nitrogens with zero attached hydrogens (tertiary/aromatic N) is 2. The summed E-state index contributed by atoms with van der Waals surface area (Å²) in [6, 6.07) is 5.69. The summed E-state index contributed by atoms with van der Waals surface area (Å²) < 4.78 is 6.07. The summed E-state index contributed by atoms with van der Waals surface area (Å²) >= 11 is 3.45. The van der Waals surface area contributed by atoms with Crippen LogP contribution in [0.5, 0.6) is 5.75 Å². The molecular weight excluding hydrogens is 414 g/mol. The van der Waals surface area contributed by atoms with Crippen molar-refractivity contribution in [1.82, 2.24) is 15.1 Å². The van der Waals surface area contributed by atoms with Crippen LogP contribution in [0.25, 0.3) is 0 Å². The molecule has 3 amide bonds. The number of carbonyl (C=O) groups is 3. The molecule has 1 saturated heterocycles. The molecule has 0 bridgehead atoms. The predicted octanol–water partition coefficient (Wildman–Crippen LogP) is 1.59. The number of hydrogen-bond donors (Lipinski definition) is 1. The number of rotatable bonds is 5. The highest BCUT2D eigenvalue weighted by Gasteiger charge is 2.27. The number of piperazine rings is 1. The third kappa shape index (κ3) is 5.95. The first-order chi connectivity index (χ1) is 12.8. The Labute approximate surface area is 168 Å². The number of carbonyl (C=O) groups excluding carboxylic acids is 3. The van der Waals surface area contributed by atoms with Gasteiger partial charge in [0.05, 0.1) is 11.6 Å². The van der Waals surface area contributed by atoms with E-state index >= 15 is 0 Å². The molecule has 1 aromatic carbocycles. The van der Waals surface area contributed by atoms with Gasteiger partial charge in [-0.15, -0.1) is 0 Å². The van der Waals surface area contributed by atoms with Gasteiger partial charge < -0.3 is 19.9 Å². The quantitative estimate of drug-likeness (QED) is 0.706. The fourth-order valence-electron chi connectivity index (χ4n) is 2.90. The normalized spacial score (nSPS) is 14.3. The fraction of sp³-hybridized carbons (Fsp3) is 0.526. The minimum absolute atomic E-state index is 0.0562. The average molecular weight is 440 g/mol. The molecule has 8 heteroatoms. The molecule has 0 atom stereocenters. The smallest absolute Gasteiger partial charge is 0.312 e. The van der Waals surface area contributed by atoms with Crippen molar-refractivity contribution in [3.8, 4) is 5.75 Å². The highest BCUT2D eigenvalue weighted by atomic mass is 79.9. The minimum atomic E-state index is -0.588. The van der Waals surface area contributed by atoms with E-state index < -0.39 is 11.8 Å². The molecule has 1 N–H and O–H groups in total. The Bertz CT molecular complexity index is 700. The standard InChI is InChI=1S/C19H26BrN3O4/c1-13(2)21-18(25)19(26)23-10-8-22(9-11-23)17(24)7-5-14-4-6-16(27-3)15(20)12-14/h4,6,12-13H,5,7-11H2,1-3H3,(H,21,25). The largest absolute Gasteiger partial charge is 0.496 e. The lowest BCUT2D eigenvalue weighted by molar-refractivity contribution is -0.148. The fourth-order valence-corrected chi connectivity index (χ4v) is 3.49. The van der Waals surface area contributed by atoms with Gasteiger partial charge in [-0.05, 0) is 53.9 Å². The number of benzene rings is 1. The van der Waals surface area contributed by atoms with Gasteiger partial charge in [0.15, 0.2) is 0 Å². The molecule has 0 spiro atoms. The molecule has 0 unspecified atom stereocenters. The molecule has 1 aliphatic rings. The Hall–Kier alpha value is -2.09. The third-order valence-electron chi connectivity index (χ3n) is 4.38. The summed E-state index contributed by atoms with van der Waals surface area (Å²) in [4.78, 5) is 39.6. The number of amides is 3. The Morgan fingerprint density at radius 2 is 1.78 bits per heavy atom. The summed E-state index contributed by atoms with van der Waals surface area (Å²) in [6.45, 7) is 5.28. The van der Waals surface area contributed by atoms with Crippen LogP contribution in [0.15, 0.2) is 22.7 Å². The van der Waals surface area contributed by atoms with Gasteiger partial charge in [-0.3, -0.25) is 14.4 Å². The van der Waals surface area contributed by atoms with E-state index in [2.05, 4.69) is 21.2 Å². The van der Waals surface area contributed by atoms with Crippen LogP contribution < -0.4 is 10.1 Å². The van der Waals surface area contributed by atoms with Gasteiger partial charge in [-0.25, -0.2) is 0 Å². The molecule has 0 aromatic heterocycles. The summed E-state index contributed by atoms with van der Waals surface area (Å²) in [6.07, 6.45) is 1.04. The Morgan fingerprint density at radius 1 is 1.15 bits per heavy atom. The van der Waals surface area contributed by atoms with Crippen LogP contribution >= 0.6 is 15.9 Å². The molecule has 27 heavy (non-hydrogen) atoms. The van der Waals surface area contributed by atoms with Crippen LogP contribution in [0.3, 0.4) is 0 Å². The Balaban J connectivity index is 1.80. The van der Waals surface area contributed by atoms with Gasteiger partial charge in [0.1, 0.15) is 5.75 Å². The van der Waals surface area contributed by atoms with E-state index in [4.69, 9.17) is 4.74 Å². The second-order valence-corrected chi connectivity index (χ2v) is 7.62. The van der Waals surface area contributed by atoms with Crippen molar-refractivity contribution >= 4 is 33.7 Å². The molecular formula is C19H26BrN3O4. The van der Waals surface area contributed by atoms with Crippen LogP contribution in [-0.2, 0) is 20.8 Å². The molecule has 1 aliphatic heterocycles. The van der Waals surface area contributed by atoms with Crippen molar-refractivity contribution in [2.75, 3.05) is 33.3 Å². The summed E-state index contributed by atoms with van der Waals surface area (Å²) in [7, 11) is 1.61. The number of nitrogens with one attached hydrogen (secondary N) is 1. The van der Waals surface area contributed by atoms with Gasteiger partial charge in [-0.2, -0.15) is 0 Å². The molecule has 2 rings (SSSR count). The SMILES string of the molecule is COc1ccc(CCC(=O)N2CCN(C(=O)C(=O)NC(C)C)CC2)cc1Br. The number of ether oxygens (including phenoxy) is 1. The van der Waals surface area contributed by atoms with Crippen molar-refractivity contribution in [3.05, 3.63) is 28.2 Å². The van der Waals surface area contributed by atoms with Crippen LogP contribution in [0.4, 0.5) is 0 Å². The summed E-state index contributed by atoms with van der Waals surface area (Å²) in [5.41, 5.74) is 1.05. The zero-order valence-corrected chi connectivity index (χ0v) is 17.5. The molecule has 0 radical (unpaired) electrons. The van der Waals surface area contributed by atoms with Gasteiger partial charge in [0.2, 0.25) is 5.91 Å². The first-order valence-corrected chi connectivity index (χ1v) is 9.81. The molecule has 148 valence electrons. The molecule has 0 aliphatic carbocycles. The van der Waals surface area contributed by atoms with E-state index in [9.17, 15) is 14.4 Å².